The van der Waals surface area contributed by atoms with Crippen LogP contribution in [-0.2, 0) is 12.8 Å². The Morgan fingerprint density at radius 3 is 2.67 bits per heavy atom. The van der Waals surface area contributed by atoms with Gasteiger partial charge in [-0.15, -0.1) is 0 Å². The molecule has 0 radical (unpaired) electrons. The fourth-order valence-corrected chi connectivity index (χ4v) is 3.86. The van der Waals surface area contributed by atoms with Gasteiger partial charge in [-0.3, -0.25) is 0 Å². The number of nitrogens with one attached hydrogen (secondary N) is 1. The maximum Gasteiger partial charge on any atom is 0.224 e. The minimum absolute atomic E-state index is 0.667. The molecule has 0 spiro atoms. The van der Waals surface area contributed by atoms with Crippen molar-refractivity contribution in [3.63, 3.8) is 0 Å². The van der Waals surface area contributed by atoms with E-state index in [4.69, 9.17) is 4.98 Å². The Bertz CT molecular complexity index is 850. The van der Waals surface area contributed by atoms with Gasteiger partial charge in [0.25, 0.3) is 0 Å². The lowest BCUT2D eigenvalue weighted by molar-refractivity contribution is 0.630. The molecule has 0 bridgehead atoms. The SMILES string of the molecule is CCNc1nccc(N2CCN(c3nc4c(cc3C#N)CCCC4)CC2)n1. The zero-order valence-corrected chi connectivity index (χ0v) is 15.8. The smallest absolute Gasteiger partial charge is 0.224 e. The molecule has 2 aromatic rings. The third kappa shape index (κ3) is 3.65. The fourth-order valence-electron chi connectivity index (χ4n) is 3.86. The normalized spacial score (nSPS) is 16.6. The van der Waals surface area contributed by atoms with Gasteiger partial charge in [-0.05, 0) is 50.3 Å². The zero-order valence-electron chi connectivity index (χ0n) is 15.8. The van der Waals surface area contributed by atoms with Crippen LogP contribution in [0.1, 0.15) is 36.6 Å². The summed E-state index contributed by atoms with van der Waals surface area (Å²) in [6.45, 7) is 6.21. The topological polar surface area (TPSA) is 81.0 Å². The van der Waals surface area contributed by atoms with E-state index in [2.05, 4.69) is 37.2 Å². The molecule has 1 N–H and O–H groups in total. The number of nitriles is 1. The number of fused-ring (bicyclic) bond motifs is 1. The van der Waals surface area contributed by atoms with E-state index in [-0.39, 0.29) is 0 Å². The zero-order chi connectivity index (χ0) is 18.6. The fraction of sp³-hybridized carbons (Fsp3) is 0.500. The minimum atomic E-state index is 0.667. The van der Waals surface area contributed by atoms with E-state index in [1.54, 1.807) is 6.20 Å². The van der Waals surface area contributed by atoms with E-state index < -0.39 is 0 Å². The second-order valence-corrected chi connectivity index (χ2v) is 7.03. The number of rotatable bonds is 4. The number of hydrogen-bond donors (Lipinski definition) is 1. The van der Waals surface area contributed by atoms with E-state index in [0.29, 0.717) is 11.5 Å². The van der Waals surface area contributed by atoms with Crippen molar-refractivity contribution in [1.29, 1.82) is 5.26 Å². The first kappa shape index (κ1) is 17.5. The molecule has 7 nitrogen and oxygen atoms in total. The monoisotopic (exact) mass is 363 g/mol. The molecule has 3 heterocycles. The van der Waals surface area contributed by atoms with Gasteiger partial charge in [-0.2, -0.15) is 10.2 Å². The number of anilines is 3. The van der Waals surface area contributed by atoms with E-state index in [0.717, 1.165) is 57.2 Å². The number of pyridine rings is 1. The highest BCUT2D eigenvalue weighted by Gasteiger charge is 2.23. The third-order valence-corrected chi connectivity index (χ3v) is 5.28. The van der Waals surface area contributed by atoms with E-state index in [1.807, 2.05) is 13.0 Å². The van der Waals surface area contributed by atoms with Crippen LogP contribution in [0.4, 0.5) is 17.6 Å². The van der Waals surface area contributed by atoms with Crippen LogP contribution in [0.15, 0.2) is 18.3 Å². The molecule has 1 aliphatic carbocycles. The van der Waals surface area contributed by atoms with E-state index in [1.165, 1.54) is 24.1 Å². The molecule has 0 aromatic carbocycles. The maximum atomic E-state index is 9.61. The molecule has 1 aliphatic heterocycles. The molecule has 0 unspecified atom stereocenters. The lowest BCUT2D eigenvalue weighted by Gasteiger charge is -2.36. The summed E-state index contributed by atoms with van der Waals surface area (Å²) in [5.74, 6) is 2.47. The number of piperazine rings is 1. The molecule has 2 aromatic heterocycles. The highest BCUT2D eigenvalue weighted by Crippen LogP contribution is 2.27. The van der Waals surface area contributed by atoms with E-state index >= 15 is 0 Å². The Hall–Kier alpha value is -2.88. The summed E-state index contributed by atoms with van der Waals surface area (Å²) in [5, 5.41) is 12.8. The Kier molecular flexibility index (Phi) is 5.05. The van der Waals surface area contributed by atoms with Crippen LogP contribution in [0.5, 0.6) is 0 Å². The van der Waals surface area contributed by atoms with Gasteiger partial charge in [0, 0.05) is 44.6 Å². The third-order valence-electron chi connectivity index (χ3n) is 5.28. The van der Waals surface area contributed by atoms with Crippen molar-refractivity contribution in [2.24, 2.45) is 0 Å². The summed E-state index contributed by atoms with van der Waals surface area (Å²) in [6, 6.07) is 6.38. The van der Waals surface area contributed by atoms with Crippen LogP contribution < -0.4 is 15.1 Å². The highest BCUT2D eigenvalue weighted by molar-refractivity contribution is 5.57. The Morgan fingerprint density at radius 1 is 1.11 bits per heavy atom. The Balaban J connectivity index is 1.49. The molecule has 27 heavy (non-hydrogen) atoms. The summed E-state index contributed by atoms with van der Waals surface area (Å²) in [6.07, 6.45) is 6.27. The molecule has 7 heteroatoms. The standard InChI is InChI=1S/C20H25N7/c1-2-22-20-23-8-7-18(25-20)26-9-11-27(12-10-26)19-16(14-21)13-15-5-3-4-6-17(15)24-19/h7-8,13H,2-6,9-12H2,1H3,(H,22,23,25). The number of aromatic nitrogens is 3. The molecular weight excluding hydrogens is 338 g/mol. The van der Waals surface area contributed by atoms with Crippen molar-refractivity contribution in [2.45, 2.75) is 32.6 Å². The van der Waals surface area contributed by atoms with Crippen molar-refractivity contribution in [2.75, 3.05) is 47.8 Å². The van der Waals surface area contributed by atoms with Crippen LogP contribution in [0, 0.1) is 11.3 Å². The number of aryl methyl sites for hydroxylation is 2. The van der Waals surface area contributed by atoms with Crippen molar-refractivity contribution in [3.05, 3.63) is 35.2 Å². The molecule has 4 rings (SSSR count). The molecule has 140 valence electrons. The van der Waals surface area contributed by atoms with Crippen molar-refractivity contribution < 1.29 is 0 Å². The van der Waals surface area contributed by atoms with Gasteiger partial charge in [0.1, 0.15) is 17.7 Å². The van der Waals surface area contributed by atoms with Crippen LogP contribution >= 0.6 is 0 Å². The molecule has 2 aliphatic rings. The first-order valence-electron chi connectivity index (χ1n) is 9.78. The average Bonchev–Trinajstić information content (AvgIpc) is 2.73. The molecule has 1 saturated heterocycles. The molecule has 0 atom stereocenters. The summed E-state index contributed by atoms with van der Waals surface area (Å²) in [4.78, 5) is 18.2. The average molecular weight is 363 g/mol. The first-order valence-corrected chi connectivity index (χ1v) is 9.78. The lowest BCUT2D eigenvalue weighted by atomic mass is 9.95. The predicted octanol–water partition coefficient (Wildman–Crippen LogP) is 2.38. The van der Waals surface area contributed by atoms with Gasteiger partial charge in [0.05, 0.1) is 5.56 Å². The van der Waals surface area contributed by atoms with Crippen LogP contribution in [0.2, 0.25) is 0 Å². The molecule has 0 saturated carbocycles. The largest absolute Gasteiger partial charge is 0.354 e. The number of nitrogens with zero attached hydrogens (tertiary/aromatic N) is 6. The quantitative estimate of drug-likeness (QED) is 0.893. The van der Waals surface area contributed by atoms with Gasteiger partial charge < -0.3 is 15.1 Å². The molecular formula is C20H25N7. The summed E-state index contributed by atoms with van der Waals surface area (Å²) in [7, 11) is 0. The van der Waals surface area contributed by atoms with Crippen LogP contribution in [0.25, 0.3) is 0 Å². The van der Waals surface area contributed by atoms with Gasteiger partial charge in [-0.1, -0.05) is 0 Å². The minimum Gasteiger partial charge on any atom is -0.354 e. The highest BCUT2D eigenvalue weighted by atomic mass is 15.3. The Morgan fingerprint density at radius 2 is 1.89 bits per heavy atom. The Labute approximate surface area is 160 Å². The van der Waals surface area contributed by atoms with Crippen molar-refractivity contribution >= 4 is 17.6 Å². The summed E-state index contributed by atoms with van der Waals surface area (Å²) in [5.41, 5.74) is 3.15. The summed E-state index contributed by atoms with van der Waals surface area (Å²) < 4.78 is 0. The number of hydrogen-bond acceptors (Lipinski definition) is 7. The molecule has 1 fully saturated rings. The van der Waals surface area contributed by atoms with Crippen molar-refractivity contribution in [3.8, 4) is 6.07 Å². The molecule has 0 amide bonds. The van der Waals surface area contributed by atoms with Gasteiger partial charge in [0.2, 0.25) is 5.95 Å². The lowest BCUT2D eigenvalue weighted by Crippen LogP contribution is -2.47. The maximum absolute atomic E-state index is 9.61. The van der Waals surface area contributed by atoms with Gasteiger partial charge in [0.15, 0.2) is 0 Å². The second-order valence-electron chi connectivity index (χ2n) is 7.03. The van der Waals surface area contributed by atoms with Gasteiger partial charge in [-0.25, -0.2) is 9.97 Å². The second kappa shape index (κ2) is 7.78. The summed E-state index contributed by atoms with van der Waals surface area (Å²) >= 11 is 0. The van der Waals surface area contributed by atoms with Gasteiger partial charge >= 0.3 is 0 Å². The van der Waals surface area contributed by atoms with E-state index in [9.17, 15) is 5.26 Å². The van der Waals surface area contributed by atoms with Crippen molar-refractivity contribution in [1.82, 2.24) is 15.0 Å². The van der Waals surface area contributed by atoms with Crippen LogP contribution in [-0.4, -0.2) is 47.7 Å². The predicted molar refractivity (Wildman–Crippen MR) is 106 cm³/mol. The first-order chi connectivity index (χ1) is 13.3. The van der Waals surface area contributed by atoms with Crippen LogP contribution in [0.3, 0.4) is 0 Å².